The van der Waals surface area contributed by atoms with E-state index in [4.69, 9.17) is 14.5 Å². The number of amides is 2. The number of hydrogen-bond donors (Lipinski definition) is 1. The van der Waals surface area contributed by atoms with E-state index < -0.39 is 17.3 Å². The fourth-order valence-corrected chi connectivity index (χ4v) is 4.95. The van der Waals surface area contributed by atoms with Gasteiger partial charge in [-0.2, -0.15) is 0 Å². The molecule has 1 fully saturated rings. The molecule has 0 radical (unpaired) electrons. The molecule has 0 bridgehead atoms. The Morgan fingerprint density at radius 3 is 2.25 bits per heavy atom. The summed E-state index contributed by atoms with van der Waals surface area (Å²) in [7, 11) is 0. The van der Waals surface area contributed by atoms with Gasteiger partial charge in [0.15, 0.2) is 5.65 Å². The van der Waals surface area contributed by atoms with E-state index in [2.05, 4.69) is 15.3 Å². The number of nitrogens with one attached hydrogen (secondary N) is 1. The SMILES string of the molecule is Cc1nc2ccc(-c3ccnc(NC(=O)OC(C)(C)C)c3)nc2n1-c1ccc(N2CCN(C(=O)OC(C)(C)C)CC2)c(F)c1. The summed E-state index contributed by atoms with van der Waals surface area (Å²) in [4.78, 5) is 42.0. The number of rotatable bonds is 4. The van der Waals surface area contributed by atoms with Gasteiger partial charge in [-0.05, 0) is 84.9 Å². The van der Waals surface area contributed by atoms with Crippen LogP contribution < -0.4 is 10.2 Å². The quantitative estimate of drug-likeness (QED) is 0.288. The number of imidazole rings is 1. The van der Waals surface area contributed by atoms with Crippen molar-refractivity contribution in [2.45, 2.75) is 59.7 Å². The molecule has 4 aromatic rings. The fourth-order valence-electron chi connectivity index (χ4n) is 4.95. The van der Waals surface area contributed by atoms with Crippen LogP contribution in [-0.2, 0) is 9.47 Å². The van der Waals surface area contributed by atoms with Gasteiger partial charge in [0.05, 0.1) is 17.1 Å². The zero-order valence-corrected chi connectivity index (χ0v) is 26.1. The second-order valence-corrected chi connectivity index (χ2v) is 12.7. The number of benzene rings is 1. The minimum Gasteiger partial charge on any atom is -0.444 e. The number of ether oxygens (including phenoxy) is 2. The Morgan fingerprint density at radius 1 is 0.886 bits per heavy atom. The molecular formula is C32H38FN7O4. The lowest BCUT2D eigenvalue weighted by Gasteiger charge is -2.36. The number of piperazine rings is 1. The Bertz CT molecular complexity index is 1700. The largest absolute Gasteiger partial charge is 0.444 e. The van der Waals surface area contributed by atoms with Crippen LogP contribution in [0.2, 0.25) is 0 Å². The van der Waals surface area contributed by atoms with Crippen LogP contribution in [0.25, 0.3) is 28.1 Å². The van der Waals surface area contributed by atoms with E-state index in [0.717, 1.165) is 5.56 Å². The van der Waals surface area contributed by atoms with E-state index in [1.54, 1.807) is 50.1 Å². The van der Waals surface area contributed by atoms with Gasteiger partial charge < -0.3 is 19.3 Å². The molecule has 44 heavy (non-hydrogen) atoms. The molecule has 2 amide bonds. The molecule has 12 heteroatoms. The van der Waals surface area contributed by atoms with E-state index in [1.165, 1.54) is 6.07 Å². The van der Waals surface area contributed by atoms with Crippen molar-refractivity contribution in [2.75, 3.05) is 36.4 Å². The Kier molecular flexibility index (Phi) is 8.19. The summed E-state index contributed by atoms with van der Waals surface area (Å²) in [5, 5.41) is 2.65. The van der Waals surface area contributed by atoms with Gasteiger partial charge in [-0.3, -0.25) is 9.88 Å². The molecule has 1 aliphatic heterocycles. The average Bonchev–Trinajstić information content (AvgIpc) is 3.26. The highest BCUT2D eigenvalue weighted by atomic mass is 19.1. The number of halogens is 1. The number of carbonyl (C=O) groups is 2. The van der Waals surface area contributed by atoms with Crippen molar-refractivity contribution < 1.29 is 23.5 Å². The number of aromatic nitrogens is 4. The maximum absolute atomic E-state index is 15.6. The van der Waals surface area contributed by atoms with Crippen LogP contribution >= 0.6 is 0 Å². The van der Waals surface area contributed by atoms with Crippen LogP contribution in [0.3, 0.4) is 0 Å². The van der Waals surface area contributed by atoms with Crippen molar-refractivity contribution in [3.8, 4) is 16.9 Å². The van der Waals surface area contributed by atoms with Gasteiger partial charge in [0.1, 0.15) is 34.2 Å². The molecule has 1 aromatic carbocycles. The molecule has 0 atom stereocenters. The van der Waals surface area contributed by atoms with Crippen molar-refractivity contribution in [2.24, 2.45) is 0 Å². The molecule has 1 saturated heterocycles. The highest BCUT2D eigenvalue weighted by Gasteiger charge is 2.27. The average molecular weight is 604 g/mol. The van der Waals surface area contributed by atoms with E-state index in [0.29, 0.717) is 66.1 Å². The number of fused-ring (bicyclic) bond motifs is 1. The summed E-state index contributed by atoms with van der Waals surface area (Å²) in [5.74, 6) is 0.607. The van der Waals surface area contributed by atoms with Gasteiger partial charge >= 0.3 is 12.2 Å². The number of carbonyl (C=O) groups excluding carboxylic acids is 2. The fraction of sp³-hybridized carbons (Fsp3) is 0.406. The maximum Gasteiger partial charge on any atom is 0.413 e. The molecule has 5 rings (SSSR count). The molecule has 0 spiro atoms. The maximum atomic E-state index is 15.6. The first-order chi connectivity index (χ1) is 20.7. The topological polar surface area (TPSA) is 115 Å². The Morgan fingerprint density at radius 2 is 1.59 bits per heavy atom. The van der Waals surface area contributed by atoms with Gasteiger partial charge in [-0.15, -0.1) is 0 Å². The molecule has 0 aliphatic carbocycles. The molecule has 1 N–H and O–H groups in total. The second-order valence-electron chi connectivity index (χ2n) is 12.7. The van der Waals surface area contributed by atoms with E-state index >= 15 is 4.39 Å². The highest BCUT2D eigenvalue weighted by molar-refractivity contribution is 5.85. The zero-order chi connectivity index (χ0) is 31.8. The number of nitrogens with zero attached hydrogens (tertiary/aromatic N) is 6. The predicted octanol–water partition coefficient (Wildman–Crippen LogP) is 6.33. The number of aryl methyl sites for hydroxylation is 1. The summed E-state index contributed by atoms with van der Waals surface area (Å²) >= 11 is 0. The summed E-state index contributed by atoms with van der Waals surface area (Å²) in [6.45, 7) is 14.6. The molecular weight excluding hydrogens is 565 g/mol. The van der Waals surface area contributed by atoms with Crippen molar-refractivity contribution in [1.29, 1.82) is 0 Å². The van der Waals surface area contributed by atoms with Crippen LogP contribution in [0.5, 0.6) is 0 Å². The minimum absolute atomic E-state index is 0.327. The van der Waals surface area contributed by atoms with Gasteiger partial charge in [0.25, 0.3) is 0 Å². The van der Waals surface area contributed by atoms with E-state index in [1.807, 2.05) is 55.4 Å². The third kappa shape index (κ3) is 7.07. The Balaban J connectivity index is 1.36. The normalized spacial score (nSPS) is 14.1. The van der Waals surface area contributed by atoms with Gasteiger partial charge in [-0.25, -0.2) is 28.9 Å². The second kappa shape index (κ2) is 11.7. The van der Waals surface area contributed by atoms with Gasteiger partial charge in [0.2, 0.25) is 0 Å². The summed E-state index contributed by atoms with van der Waals surface area (Å²) < 4.78 is 28.2. The van der Waals surface area contributed by atoms with Crippen LogP contribution in [0, 0.1) is 12.7 Å². The van der Waals surface area contributed by atoms with Gasteiger partial charge in [-0.1, -0.05) is 0 Å². The Hall–Kier alpha value is -4.74. The first-order valence-corrected chi connectivity index (χ1v) is 14.5. The minimum atomic E-state index is -0.640. The number of hydrogen-bond acceptors (Lipinski definition) is 8. The molecule has 1 aliphatic rings. The van der Waals surface area contributed by atoms with Crippen molar-refractivity contribution in [1.82, 2.24) is 24.4 Å². The molecule has 0 unspecified atom stereocenters. The molecule has 3 aromatic heterocycles. The highest BCUT2D eigenvalue weighted by Crippen LogP contribution is 2.29. The van der Waals surface area contributed by atoms with Crippen LogP contribution in [0.1, 0.15) is 47.4 Å². The summed E-state index contributed by atoms with van der Waals surface area (Å²) in [6, 6.07) is 12.3. The monoisotopic (exact) mass is 603 g/mol. The summed E-state index contributed by atoms with van der Waals surface area (Å²) in [5.41, 5.74) is 2.44. The first-order valence-electron chi connectivity index (χ1n) is 14.5. The third-order valence-corrected chi connectivity index (χ3v) is 6.82. The van der Waals surface area contributed by atoms with Crippen LogP contribution in [-0.4, -0.2) is 74.0 Å². The number of pyridine rings is 2. The first kappa shape index (κ1) is 30.7. The van der Waals surface area contributed by atoms with Crippen molar-refractivity contribution in [3.63, 3.8) is 0 Å². The third-order valence-electron chi connectivity index (χ3n) is 6.82. The molecule has 0 saturated carbocycles. The van der Waals surface area contributed by atoms with Gasteiger partial charge in [0, 0.05) is 44.0 Å². The standard InChI is InChI=1S/C32H38FN7O4/c1-20-35-25-10-9-24(21-12-13-34-27(18-21)37-29(41)43-31(2,3)4)36-28(25)40(20)22-8-11-26(23(33)19-22)38-14-16-39(17-15-38)30(42)44-32(5,6)7/h8-13,18-19H,14-17H2,1-7H3,(H,34,37,41). The van der Waals surface area contributed by atoms with E-state index in [9.17, 15) is 9.59 Å². The van der Waals surface area contributed by atoms with Crippen molar-refractivity contribution in [3.05, 3.63) is 60.3 Å². The smallest absolute Gasteiger partial charge is 0.413 e. The summed E-state index contributed by atoms with van der Waals surface area (Å²) in [6.07, 6.45) is 0.622. The molecule has 4 heterocycles. The molecule has 11 nitrogen and oxygen atoms in total. The molecule has 232 valence electrons. The van der Waals surface area contributed by atoms with Crippen molar-refractivity contribution >= 4 is 34.9 Å². The van der Waals surface area contributed by atoms with Crippen LogP contribution in [0.15, 0.2) is 48.7 Å². The zero-order valence-electron chi connectivity index (χ0n) is 26.1. The lowest BCUT2D eigenvalue weighted by molar-refractivity contribution is 0.0240. The van der Waals surface area contributed by atoms with Crippen LogP contribution in [0.4, 0.5) is 25.5 Å². The lowest BCUT2D eigenvalue weighted by Crippen LogP contribution is -2.50. The predicted molar refractivity (Wildman–Crippen MR) is 167 cm³/mol. The van der Waals surface area contributed by atoms with E-state index in [-0.39, 0.29) is 11.9 Å². The lowest BCUT2D eigenvalue weighted by atomic mass is 10.1. The Labute approximate surface area is 256 Å². The number of anilines is 2.